The molecular formula is C22H21N7O. The number of amides is 1. The fourth-order valence-electron chi connectivity index (χ4n) is 4.27. The second-order valence-electron chi connectivity index (χ2n) is 7.70. The molecule has 8 heteroatoms. The zero-order valence-electron chi connectivity index (χ0n) is 17.0. The third kappa shape index (κ3) is 2.63. The highest BCUT2D eigenvalue weighted by molar-refractivity contribution is 6.00. The number of aryl methyl sites for hydroxylation is 3. The van der Waals surface area contributed by atoms with Crippen molar-refractivity contribution < 1.29 is 4.79 Å². The van der Waals surface area contributed by atoms with E-state index in [0.717, 1.165) is 33.9 Å². The van der Waals surface area contributed by atoms with E-state index in [1.807, 2.05) is 61.7 Å². The normalized spacial score (nSPS) is 16.5. The van der Waals surface area contributed by atoms with Gasteiger partial charge in [-0.15, -0.1) is 0 Å². The highest BCUT2D eigenvalue weighted by Crippen LogP contribution is 2.29. The maximum absolute atomic E-state index is 13.2. The summed E-state index contributed by atoms with van der Waals surface area (Å²) in [5.41, 5.74) is 4.56. The van der Waals surface area contributed by atoms with Gasteiger partial charge in [-0.2, -0.15) is 10.4 Å². The van der Waals surface area contributed by atoms with Crippen LogP contribution in [0.5, 0.6) is 0 Å². The number of fused-ring (bicyclic) bond motifs is 3. The quantitative estimate of drug-likeness (QED) is 0.572. The van der Waals surface area contributed by atoms with Crippen LogP contribution in [0, 0.1) is 25.2 Å². The van der Waals surface area contributed by atoms with Crippen LogP contribution in [0.4, 0.5) is 11.6 Å². The molecule has 5 rings (SSSR count). The van der Waals surface area contributed by atoms with Gasteiger partial charge in [0.05, 0.1) is 22.3 Å². The molecule has 30 heavy (non-hydrogen) atoms. The zero-order chi connectivity index (χ0) is 21.0. The van der Waals surface area contributed by atoms with Crippen molar-refractivity contribution in [3.63, 3.8) is 0 Å². The molecule has 8 nitrogen and oxygen atoms in total. The standard InChI is InChI=1S/C22H21N7O/c1-13-10-19(29-18-7-5-4-6-16(18)25-21(29)15(13)12-23)24-17-8-9-28(22(17)30)20-11-14(2)26-27(20)3/h4-7,10-11,17,24H,8-9H2,1-3H3. The topological polar surface area (TPSA) is 91.3 Å². The zero-order valence-corrected chi connectivity index (χ0v) is 17.0. The van der Waals surface area contributed by atoms with E-state index >= 15 is 0 Å². The Morgan fingerprint density at radius 1 is 1.23 bits per heavy atom. The number of anilines is 2. The van der Waals surface area contributed by atoms with E-state index in [0.29, 0.717) is 24.2 Å². The lowest BCUT2D eigenvalue weighted by atomic mass is 10.1. The summed E-state index contributed by atoms with van der Waals surface area (Å²) in [6, 6.07) is 13.5. The van der Waals surface area contributed by atoms with Crippen molar-refractivity contribution in [3.8, 4) is 6.07 Å². The van der Waals surface area contributed by atoms with Crippen LogP contribution >= 0.6 is 0 Å². The fraction of sp³-hybridized carbons (Fsp3) is 0.273. The first kappa shape index (κ1) is 18.2. The molecule has 150 valence electrons. The molecule has 1 atom stereocenters. The van der Waals surface area contributed by atoms with Crippen molar-refractivity contribution in [1.82, 2.24) is 19.2 Å². The molecule has 3 aromatic heterocycles. The molecule has 1 aromatic carbocycles. The van der Waals surface area contributed by atoms with Crippen LogP contribution in [0.1, 0.15) is 23.2 Å². The summed E-state index contributed by atoms with van der Waals surface area (Å²) in [4.78, 5) is 19.6. The summed E-state index contributed by atoms with van der Waals surface area (Å²) < 4.78 is 3.67. The monoisotopic (exact) mass is 399 g/mol. The van der Waals surface area contributed by atoms with Crippen molar-refractivity contribution in [2.24, 2.45) is 7.05 Å². The van der Waals surface area contributed by atoms with Gasteiger partial charge in [-0.25, -0.2) is 4.98 Å². The molecular weight excluding hydrogens is 378 g/mol. The van der Waals surface area contributed by atoms with Crippen molar-refractivity contribution >= 4 is 34.2 Å². The highest BCUT2D eigenvalue weighted by atomic mass is 16.2. The van der Waals surface area contributed by atoms with Gasteiger partial charge in [0.2, 0.25) is 0 Å². The molecule has 1 N–H and O–H groups in total. The summed E-state index contributed by atoms with van der Waals surface area (Å²) in [5.74, 6) is 1.57. The number of nitriles is 1. The van der Waals surface area contributed by atoms with E-state index in [4.69, 9.17) is 0 Å². The van der Waals surface area contributed by atoms with Crippen molar-refractivity contribution in [3.05, 3.63) is 53.2 Å². The van der Waals surface area contributed by atoms with E-state index in [-0.39, 0.29) is 11.9 Å². The Balaban J connectivity index is 1.57. The number of hydrogen-bond acceptors (Lipinski definition) is 5. The van der Waals surface area contributed by atoms with Gasteiger partial charge < -0.3 is 5.32 Å². The van der Waals surface area contributed by atoms with Gasteiger partial charge in [0.1, 0.15) is 23.7 Å². The number of pyridine rings is 1. The van der Waals surface area contributed by atoms with Crippen LogP contribution in [0.15, 0.2) is 36.4 Å². The van der Waals surface area contributed by atoms with Gasteiger partial charge in [-0.3, -0.25) is 18.8 Å². The number of imidazole rings is 1. The maximum Gasteiger partial charge on any atom is 0.250 e. The molecule has 1 amide bonds. The van der Waals surface area contributed by atoms with Gasteiger partial charge in [-0.1, -0.05) is 12.1 Å². The second kappa shape index (κ2) is 6.59. The number of rotatable bonds is 3. The molecule has 4 aromatic rings. The van der Waals surface area contributed by atoms with Crippen LogP contribution in [-0.4, -0.2) is 37.7 Å². The number of carbonyl (C=O) groups excluding carboxylic acids is 1. The Morgan fingerprint density at radius 3 is 2.77 bits per heavy atom. The summed E-state index contributed by atoms with van der Waals surface area (Å²) in [6.45, 7) is 4.43. The van der Waals surface area contributed by atoms with E-state index in [2.05, 4.69) is 21.5 Å². The molecule has 0 aliphatic carbocycles. The summed E-state index contributed by atoms with van der Waals surface area (Å²) in [6.07, 6.45) is 0.677. The molecule has 1 unspecified atom stereocenters. The lowest BCUT2D eigenvalue weighted by molar-refractivity contribution is -0.117. The van der Waals surface area contributed by atoms with Gasteiger partial charge in [0.15, 0.2) is 5.65 Å². The first-order valence-electron chi connectivity index (χ1n) is 9.87. The van der Waals surface area contributed by atoms with Crippen LogP contribution in [-0.2, 0) is 11.8 Å². The summed E-state index contributed by atoms with van der Waals surface area (Å²) in [5, 5.41) is 17.4. The van der Waals surface area contributed by atoms with Gasteiger partial charge >= 0.3 is 0 Å². The number of nitrogens with zero attached hydrogens (tertiary/aromatic N) is 6. The van der Waals surface area contributed by atoms with Crippen molar-refractivity contribution in [2.45, 2.75) is 26.3 Å². The third-order valence-corrected chi connectivity index (χ3v) is 5.67. The number of aromatic nitrogens is 4. The van der Waals surface area contributed by atoms with E-state index in [9.17, 15) is 10.1 Å². The minimum atomic E-state index is -0.364. The minimum Gasteiger partial charge on any atom is -0.359 e. The van der Waals surface area contributed by atoms with Crippen LogP contribution in [0.2, 0.25) is 0 Å². The smallest absolute Gasteiger partial charge is 0.250 e. The summed E-state index contributed by atoms with van der Waals surface area (Å²) >= 11 is 0. The number of hydrogen-bond donors (Lipinski definition) is 1. The Bertz CT molecular complexity index is 1360. The lowest BCUT2D eigenvalue weighted by Gasteiger charge is -2.18. The Morgan fingerprint density at radius 2 is 2.03 bits per heavy atom. The highest BCUT2D eigenvalue weighted by Gasteiger charge is 2.34. The number of para-hydroxylation sites is 2. The molecule has 1 aliphatic rings. The predicted octanol–water partition coefficient (Wildman–Crippen LogP) is 2.93. The maximum atomic E-state index is 13.2. The molecule has 0 spiro atoms. The fourth-order valence-corrected chi connectivity index (χ4v) is 4.27. The Hall–Kier alpha value is -3.86. The van der Waals surface area contributed by atoms with Crippen LogP contribution < -0.4 is 10.2 Å². The minimum absolute atomic E-state index is 0.0117. The molecule has 1 saturated heterocycles. The van der Waals surface area contributed by atoms with Crippen molar-refractivity contribution in [1.29, 1.82) is 5.26 Å². The second-order valence-corrected chi connectivity index (χ2v) is 7.70. The average molecular weight is 399 g/mol. The molecule has 0 saturated carbocycles. The molecule has 0 radical (unpaired) electrons. The molecule has 4 heterocycles. The van der Waals surface area contributed by atoms with Gasteiger partial charge in [0.25, 0.3) is 5.91 Å². The van der Waals surface area contributed by atoms with Crippen molar-refractivity contribution in [2.75, 3.05) is 16.8 Å². The molecule has 1 fully saturated rings. The Kier molecular flexibility index (Phi) is 4.00. The van der Waals surface area contributed by atoms with Crippen LogP contribution in [0.3, 0.4) is 0 Å². The van der Waals surface area contributed by atoms with Crippen LogP contribution in [0.25, 0.3) is 16.7 Å². The number of nitrogens with one attached hydrogen (secondary N) is 1. The predicted molar refractivity (Wildman–Crippen MR) is 114 cm³/mol. The number of benzene rings is 1. The largest absolute Gasteiger partial charge is 0.359 e. The van der Waals surface area contributed by atoms with Gasteiger partial charge in [0, 0.05) is 19.7 Å². The summed E-state index contributed by atoms with van der Waals surface area (Å²) in [7, 11) is 1.85. The van der Waals surface area contributed by atoms with E-state index < -0.39 is 0 Å². The Labute approximate surface area is 173 Å². The lowest BCUT2D eigenvalue weighted by Crippen LogP contribution is -2.34. The van der Waals surface area contributed by atoms with E-state index in [1.54, 1.807) is 9.58 Å². The number of carbonyl (C=O) groups is 1. The third-order valence-electron chi connectivity index (χ3n) is 5.67. The van der Waals surface area contributed by atoms with E-state index in [1.165, 1.54) is 0 Å². The first-order chi connectivity index (χ1) is 14.5. The molecule has 1 aliphatic heterocycles. The first-order valence-corrected chi connectivity index (χ1v) is 9.87. The average Bonchev–Trinajstić information content (AvgIpc) is 3.37. The van der Waals surface area contributed by atoms with Gasteiger partial charge in [-0.05, 0) is 44.0 Å². The molecule has 0 bridgehead atoms. The SMILES string of the molecule is Cc1cc(N2CCC(Nc3cc(C)c(C#N)c4nc5ccccc5n34)C2=O)n(C)n1.